The van der Waals surface area contributed by atoms with Crippen molar-refractivity contribution in [3.05, 3.63) is 22.4 Å². The lowest BCUT2D eigenvalue weighted by molar-refractivity contribution is 0.181. The van der Waals surface area contributed by atoms with Crippen LogP contribution in [0.25, 0.3) is 0 Å². The van der Waals surface area contributed by atoms with Crippen LogP contribution in [0.1, 0.15) is 44.7 Å². The van der Waals surface area contributed by atoms with Gasteiger partial charge in [0.15, 0.2) is 0 Å². The van der Waals surface area contributed by atoms with Gasteiger partial charge in [-0.05, 0) is 54.1 Å². The minimum absolute atomic E-state index is 0.437. The molecule has 1 heterocycles. The van der Waals surface area contributed by atoms with E-state index in [4.69, 9.17) is 5.73 Å². The van der Waals surface area contributed by atoms with Crippen LogP contribution in [-0.2, 0) is 0 Å². The zero-order valence-corrected chi connectivity index (χ0v) is 11.7. The van der Waals surface area contributed by atoms with Crippen LogP contribution in [-0.4, -0.2) is 24.0 Å². The Bertz CT molecular complexity index is 317. The van der Waals surface area contributed by atoms with Crippen molar-refractivity contribution in [3.8, 4) is 0 Å². The fourth-order valence-electron chi connectivity index (χ4n) is 2.33. The molecule has 17 heavy (non-hydrogen) atoms. The van der Waals surface area contributed by atoms with E-state index in [1.165, 1.54) is 31.4 Å². The minimum Gasteiger partial charge on any atom is -0.329 e. The highest BCUT2D eigenvalue weighted by Crippen LogP contribution is 2.35. The van der Waals surface area contributed by atoms with Crippen LogP contribution in [0.15, 0.2) is 16.8 Å². The molecule has 2 rings (SSSR count). The third-order valence-corrected chi connectivity index (χ3v) is 4.23. The highest BCUT2D eigenvalue weighted by Gasteiger charge is 2.33. The van der Waals surface area contributed by atoms with Crippen molar-refractivity contribution in [2.45, 2.75) is 45.2 Å². The van der Waals surface area contributed by atoms with Gasteiger partial charge in [0.25, 0.3) is 0 Å². The van der Waals surface area contributed by atoms with Gasteiger partial charge in [-0.1, -0.05) is 13.8 Å². The smallest absolute Gasteiger partial charge is 0.0481 e. The van der Waals surface area contributed by atoms with Gasteiger partial charge in [0, 0.05) is 18.6 Å². The van der Waals surface area contributed by atoms with Gasteiger partial charge in [-0.3, -0.25) is 4.90 Å². The molecule has 1 fully saturated rings. The van der Waals surface area contributed by atoms with Crippen LogP contribution in [0.4, 0.5) is 0 Å². The summed E-state index contributed by atoms with van der Waals surface area (Å²) in [6.45, 7) is 6.53. The lowest BCUT2D eigenvalue weighted by Gasteiger charge is -2.31. The second-order valence-electron chi connectivity index (χ2n) is 5.46. The van der Waals surface area contributed by atoms with Crippen LogP contribution in [0, 0.1) is 5.92 Å². The molecule has 2 nitrogen and oxygen atoms in total. The molecule has 96 valence electrons. The van der Waals surface area contributed by atoms with Crippen molar-refractivity contribution in [3.63, 3.8) is 0 Å². The molecule has 0 saturated heterocycles. The van der Waals surface area contributed by atoms with Crippen molar-refractivity contribution in [2.24, 2.45) is 11.7 Å². The quantitative estimate of drug-likeness (QED) is 0.807. The third kappa shape index (κ3) is 3.54. The molecule has 0 aliphatic heterocycles. The van der Waals surface area contributed by atoms with Crippen molar-refractivity contribution in [1.29, 1.82) is 0 Å². The molecule has 2 N–H and O–H groups in total. The van der Waals surface area contributed by atoms with E-state index >= 15 is 0 Å². The first-order chi connectivity index (χ1) is 8.22. The van der Waals surface area contributed by atoms with Crippen molar-refractivity contribution in [1.82, 2.24) is 4.90 Å². The molecule has 1 aromatic rings. The first-order valence-corrected chi connectivity index (χ1v) is 7.64. The fraction of sp³-hybridized carbons (Fsp3) is 0.714. The van der Waals surface area contributed by atoms with E-state index in [0.717, 1.165) is 18.5 Å². The van der Waals surface area contributed by atoms with Gasteiger partial charge in [-0.15, -0.1) is 0 Å². The predicted octanol–water partition coefficient (Wildman–Crippen LogP) is 3.26. The molecule has 0 spiro atoms. The highest BCUT2D eigenvalue weighted by molar-refractivity contribution is 7.07. The summed E-state index contributed by atoms with van der Waals surface area (Å²) in [5, 5.41) is 4.41. The molecule has 0 bridgehead atoms. The van der Waals surface area contributed by atoms with Crippen molar-refractivity contribution in [2.75, 3.05) is 13.1 Å². The first kappa shape index (κ1) is 13.1. The maximum absolute atomic E-state index is 6.00. The van der Waals surface area contributed by atoms with Crippen LogP contribution in [0.3, 0.4) is 0 Å². The van der Waals surface area contributed by atoms with E-state index in [1.54, 1.807) is 11.3 Å². The van der Waals surface area contributed by atoms with E-state index in [1.807, 2.05) is 0 Å². The number of thiophene rings is 1. The van der Waals surface area contributed by atoms with Crippen LogP contribution in [0.2, 0.25) is 0 Å². The summed E-state index contributed by atoms with van der Waals surface area (Å²) in [4.78, 5) is 2.64. The van der Waals surface area contributed by atoms with Gasteiger partial charge >= 0.3 is 0 Å². The minimum atomic E-state index is 0.437. The SMILES string of the molecule is CC(C)CCN(C1CC1)C(CN)c1ccsc1. The standard InChI is InChI=1S/C14H24N2S/c1-11(2)5-7-16(13-3-4-13)14(9-15)12-6-8-17-10-12/h6,8,10-11,13-14H,3-5,7,9,15H2,1-2H3. The Morgan fingerprint density at radius 1 is 1.47 bits per heavy atom. The second kappa shape index (κ2) is 5.98. The van der Waals surface area contributed by atoms with Crippen molar-refractivity contribution >= 4 is 11.3 Å². The lowest BCUT2D eigenvalue weighted by Crippen LogP contribution is -2.36. The molecular formula is C14H24N2S. The van der Waals surface area contributed by atoms with Crippen LogP contribution in [0.5, 0.6) is 0 Å². The maximum atomic E-state index is 6.00. The Morgan fingerprint density at radius 3 is 2.71 bits per heavy atom. The predicted molar refractivity (Wildman–Crippen MR) is 75.3 cm³/mol. The fourth-order valence-corrected chi connectivity index (χ4v) is 3.04. The van der Waals surface area contributed by atoms with Crippen LogP contribution >= 0.6 is 11.3 Å². The van der Waals surface area contributed by atoms with E-state index in [-0.39, 0.29) is 0 Å². The Labute approximate surface area is 109 Å². The molecular weight excluding hydrogens is 228 g/mol. The second-order valence-corrected chi connectivity index (χ2v) is 6.24. The topological polar surface area (TPSA) is 29.3 Å². The summed E-state index contributed by atoms with van der Waals surface area (Å²) in [6.07, 6.45) is 3.99. The average molecular weight is 252 g/mol. The molecule has 0 radical (unpaired) electrons. The number of nitrogens with zero attached hydrogens (tertiary/aromatic N) is 1. The lowest BCUT2D eigenvalue weighted by atomic mass is 10.1. The summed E-state index contributed by atoms with van der Waals surface area (Å²) in [7, 11) is 0. The van der Waals surface area contributed by atoms with E-state index in [0.29, 0.717) is 6.04 Å². The molecule has 1 aliphatic rings. The summed E-state index contributed by atoms with van der Waals surface area (Å²) < 4.78 is 0. The van der Waals surface area contributed by atoms with Gasteiger partial charge in [-0.25, -0.2) is 0 Å². The molecule has 1 atom stereocenters. The molecule has 0 amide bonds. The normalized spacial score (nSPS) is 17.9. The van der Waals surface area contributed by atoms with Gasteiger partial charge in [-0.2, -0.15) is 11.3 Å². The van der Waals surface area contributed by atoms with E-state index < -0.39 is 0 Å². The summed E-state index contributed by atoms with van der Waals surface area (Å²) in [6, 6.07) is 3.46. The van der Waals surface area contributed by atoms with E-state index in [2.05, 4.69) is 35.6 Å². The molecule has 1 aliphatic carbocycles. The molecule has 3 heteroatoms. The number of rotatable bonds is 7. The molecule has 1 saturated carbocycles. The summed E-state index contributed by atoms with van der Waals surface area (Å²) >= 11 is 1.77. The van der Waals surface area contributed by atoms with Gasteiger partial charge in [0.05, 0.1) is 0 Å². The zero-order chi connectivity index (χ0) is 12.3. The van der Waals surface area contributed by atoms with Crippen molar-refractivity contribution < 1.29 is 0 Å². The number of nitrogens with two attached hydrogens (primary N) is 1. The number of hydrogen-bond donors (Lipinski definition) is 1. The molecule has 0 aromatic carbocycles. The molecule has 1 unspecified atom stereocenters. The Kier molecular flexibility index (Phi) is 4.60. The first-order valence-electron chi connectivity index (χ1n) is 6.70. The van der Waals surface area contributed by atoms with Crippen LogP contribution < -0.4 is 5.73 Å². The average Bonchev–Trinajstić information content (AvgIpc) is 3.00. The summed E-state index contributed by atoms with van der Waals surface area (Å²) in [5.74, 6) is 0.775. The summed E-state index contributed by atoms with van der Waals surface area (Å²) in [5.41, 5.74) is 7.41. The maximum Gasteiger partial charge on any atom is 0.0481 e. The Hall–Kier alpha value is -0.380. The Morgan fingerprint density at radius 2 is 2.24 bits per heavy atom. The zero-order valence-electron chi connectivity index (χ0n) is 10.9. The highest BCUT2D eigenvalue weighted by atomic mass is 32.1. The van der Waals surface area contributed by atoms with Gasteiger partial charge < -0.3 is 5.73 Å². The van der Waals surface area contributed by atoms with Gasteiger partial charge in [0.2, 0.25) is 0 Å². The molecule has 1 aromatic heterocycles. The van der Waals surface area contributed by atoms with Gasteiger partial charge in [0.1, 0.15) is 0 Å². The van der Waals surface area contributed by atoms with E-state index in [9.17, 15) is 0 Å². The largest absolute Gasteiger partial charge is 0.329 e. The monoisotopic (exact) mass is 252 g/mol. The number of hydrogen-bond acceptors (Lipinski definition) is 3. The third-order valence-electron chi connectivity index (χ3n) is 3.53. The Balaban J connectivity index is 2.02.